The summed E-state index contributed by atoms with van der Waals surface area (Å²) in [6.07, 6.45) is 2.85. The summed E-state index contributed by atoms with van der Waals surface area (Å²) >= 11 is 1.70. The van der Waals surface area contributed by atoms with Gasteiger partial charge in [-0.3, -0.25) is 0 Å². The number of aliphatic hydroxyl groups is 1. The maximum atomic E-state index is 13.0. The highest BCUT2D eigenvalue weighted by Crippen LogP contribution is 2.41. The molecule has 1 aromatic rings. The van der Waals surface area contributed by atoms with Crippen molar-refractivity contribution >= 4 is 17.8 Å². The van der Waals surface area contributed by atoms with E-state index in [0.717, 1.165) is 24.2 Å². The lowest BCUT2D eigenvalue weighted by molar-refractivity contribution is 0.0698. The molecule has 2 atom stereocenters. The Bertz CT molecular complexity index is 527. The predicted octanol–water partition coefficient (Wildman–Crippen LogP) is 2.44. The van der Waals surface area contributed by atoms with Crippen LogP contribution >= 0.6 is 11.8 Å². The van der Waals surface area contributed by atoms with Gasteiger partial charge in [-0.1, -0.05) is 12.1 Å². The second kappa shape index (κ2) is 6.46. The molecule has 2 aliphatic rings. The van der Waals surface area contributed by atoms with E-state index in [1.165, 1.54) is 12.1 Å². The fraction of sp³-hybridized carbons (Fsp3) is 0.562. The van der Waals surface area contributed by atoms with Gasteiger partial charge in [-0.15, -0.1) is 0 Å². The highest BCUT2D eigenvalue weighted by molar-refractivity contribution is 7.99. The van der Waals surface area contributed by atoms with Gasteiger partial charge >= 0.3 is 6.03 Å². The van der Waals surface area contributed by atoms with Gasteiger partial charge in [-0.05, 0) is 48.6 Å². The van der Waals surface area contributed by atoms with Crippen molar-refractivity contribution in [2.24, 2.45) is 5.92 Å². The van der Waals surface area contributed by atoms with Crippen LogP contribution in [0.2, 0.25) is 0 Å². The molecular formula is C16H21FN2O2S. The molecule has 3 rings (SSSR count). The van der Waals surface area contributed by atoms with Crippen LogP contribution in [0.25, 0.3) is 0 Å². The SMILES string of the molecule is O=C(NC[C@]1(O)CCSC1)N[C@H](c1ccc(F)cc1)C1CC1. The molecule has 0 aromatic heterocycles. The molecule has 22 heavy (non-hydrogen) atoms. The number of halogens is 1. The van der Waals surface area contributed by atoms with E-state index in [0.29, 0.717) is 18.1 Å². The van der Waals surface area contributed by atoms with Gasteiger partial charge in [0.2, 0.25) is 0 Å². The number of benzene rings is 1. The lowest BCUT2D eigenvalue weighted by Crippen LogP contribution is -2.47. The number of urea groups is 1. The topological polar surface area (TPSA) is 61.4 Å². The second-order valence-electron chi connectivity index (χ2n) is 6.22. The number of carbonyl (C=O) groups is 1. The third-order valence-electron chi connectivity index (χ3n) is 4.27. The molecule has 1 aliphatic carbocycles. The standard InChI is InChI=1S/C16H21FN2O2S/c17-13-5-3-12(4-6-13)14(11-1-2-11)19-15(20)18-9-16(21)7-8-22-10-16/h3-6,11,14,21H,1-2,7-10H2,(H2,18,19,20)/t14-,16+/m0/s1. The van der Waals surface area contributed by atoms with E-state index in [-0.39, 0.29) is 24.4 Å². The normalized spacial score (nSPS) is 25.7. The summed E-state index contributed by atoms with van der Waals surface area (Å²) in [6.45, 7) is 0.270. The molecule has 0 unspecified atom stereocenters. The van der Waals surface area contributed by atoms with E-state index < -0.39 is 5.60 Å². The number of thioether (sulfide) groups is 1. The first-order valence-corrected chi connectivity index (χ1v) is 8.81. The number of rotatable bonds is 5. The first-order valence-electron chi connectivity index (χ1n) is 7.66. The maximum absolute atomic E-state index is 13.0. The van der Waals surface area contributed by atoms with Gasteiger partial charge in [-0.25, -0.2) is 9.18 Å². The maximum Gasteiger partial charge on any atom is 0.315 e. The van der Waals surface area contributed by atoms with Crippen molar-refractivity contribution in [1.29, 1.82) is 0 Å². The summed E-state index contributed by atoms with van der Waals surface area (Å²) in [5.41, 5.74) is 0.140. The zero-order valence-electron chi connectivity index (χ0n) is 12.3. The van der Waals surface area contributed by atoms with Crippen LogP contribution in [0.1, 0.15) is 30.9 Å². The smallest absolute Gasteiger partial charge is 0.315 e. The molecule has 2 amide bonds. The Labute approximate surface area is 133 Å². The van der Waals surface area contributed by atoms with Gasteiger partial charge < -0.3 is 15.7 Å². The first kappa shape index (κ1) is 15.6. The summed E-state index contributed by atoms with van der Waals surface area (Å²) in [5.74, 6) is 1.74. The molecule has 1 heterocycles. The molecule has 0 radical (unpaired) electrons. The molecule has 3 N–H and O–H groups in total. The molecule has 1 aliphatic heterocycles. The van der Waals surface area contributed by atoms with Crippen molar-refractivity contribution in [3.8, 4) is 0 Å². The number of carbonyl (C=O) groups excluding carboxylic acids is 1. The van der Waals surface area contributed by atoms with Crippen LogP contribution in [-0.2, 0) is 0 Å². The Hall–Kier alpha value is -1.27. The van der Waals surface area contributed by atoms with Crippen molar-refractivity contribution in [2.75, 3.05) is 18.1 Å². The zero-order valence-corrected chi connectivity index (χ0v) is 13.2. The number of hydrogen-bond donors (Lipinski definition) is 3. The van der Waals surface area contributed by atoms with E-state index in [1.807, 2.05) is 0 Å². The monoisotopic (exact) mass is 324 g/mol. The highest BCUT2D eigenvalue weighted by atomic mass is 32.2. The summed E-state index contributed by atoms with van der Waals surface area (Å²) in [5, 5.41) is 16.0. The Morgan fingerprint density at radius 2 is 2.14 bits per heavy atom. The largest absolute Gasteiger partial charge is 0.387 e. The van der Waals surface area contributed by atoms with Gasteiger partial charge in [-0.2, -0.15) is 11.8 Å². The number of nitrogens with one attached hydrogen (secondary N) is 2. The summed E-state index contributed by atoms with van der Waals surface area (Å²) < 4.78 is 13.0. The third-order valence-corrected chi connectivity index (χ3v) is 5.50. The van der Waals surface area contributed by atoms with E-state index in [9.17, 15) is 14.3 Å². The Kier molecular flexibility index (Phi) is 4.59. The molecule has 1 saturated carbocycles. The van der Waals surface area contributed by atoms with Crippen molar-refractivity contribution in [3.63, 3.8) is 0 Å². The molecule has 0 bridgehead atoms. The van der Waals surface area contributed by atoms with Crippen LogP contribution in [0, 0.1) is 11.7 Å². The van der Waals surface area contributed by atoms with Crippen LogP contribution in [-0.4, -0.2) is 34.8 Å². The molecule has 6 heteroatoms. The highest BCUT2D eigenvalue weighted by Gasteiger charge is 2.35. The minimum Gasteiger partial charge on any atom is -0.387 e. The predicted molar refractivity (Wildman–Crippen MR) is 85.3 cm³/mol. The minimum absolute atomic E-state index is 0.0896. The fourth-order valence-electron chi connectivity index (χ4n) is 2.75. The van der Waals surface area contributed by atoms with Crippen LogP contribution in [0.3, 0.4) is 0 Å². The van der Waals surface area contributed by atoms with Crippen molar-refractivity contribution in [1.82, 2.24) is 10.6 Å². The second-order valence-corrected chi connectivity index (χ2v) is 7.33. The van der Waals surface area contributed by atoms with Crippen LogP contribution in [0.4, 0.5) is 9.18 Å². The van der Waals surface area contributed by atoms with Gasteiger partial charge in [0, 0.05) is 12.3 Å². The number of hydrogen-bond acceptors (Lipinski definition) is 3. The fourth-order valence-corrected chi connectivity index (χ4v) is 4.04. The molecule has 1 aromatic carbocycles. The van der Waals surface area contributed by atoms with Crippen LogP contribution < -0.4 is 10.6 Å². The third kappa shape index (κ3) is 3.93. The molecule has 0 spiro atoms. The Balaban J connectivity index is 1.56. The molecule has 4 nitrogen and oxygen atoms in total. The average Bonchev–Trinajstić information content (AvgIpc) is 3.26. The van der Waals surface area contributed by atoms with E-state index in [4.69, 9.17) is 0 Å². The minimum atomic E-state index is -0.785. The quantitative estimate of drug-likeness (QED) is 0.780. The van der Waals surface area contributed by atoms with E-state index in [2.05, 4.69) is 10.6 Å². The van der Waals surface area contributed by atoms with Crippen LogP contribution in [0.15, 0.2) is 24.3 Å². The Morgan fingerprint density at radius 3 is 2.73 bits per heavy atom. The van der Waals surface area contributed by atoms with Gasteiger partial charge in [0.1, 0.15) is 5.82 Å². The molecule has 120 valence electrons. The van der Waals surface area contributed by atoms with Gasteiger partial charge in [0.05, 0.1) is 11.6 Å². The van der Waals surface area contributed by atoms with E-state index >= 15 is 0 Å². The molecular weight excluding hydrogens is 303 g/mol. The number of amides is 2. The first-order chi connectivity index (χ1) is 10.6. The lowest BCUT2D eigenvalue weighted by atomic mass is 10.0. The van der Waals surface area contributed by atoms with Crippen LogP contribution in [0.5, 0.6) is 0 Å². The molecule has 2 fully saturated rings. The Morgan fingerprint density at radius 1 is 1.41 bits per heavy atom. The molecule has 1 saturated heterocycles. The van der Waals surface area contributed by atoms with Crippen molar-refractivity contribution in [3.05, 3.63) is 35.6 Å². The lowest BCUT2D eigenvalue weighted by Gasteiger charge is -2.24. The average molecular weight is 324 g/mol. The zero-order chi connectivity index (χ0) is 15.6. The van der Waals surface area contributed by atoms with Gasteiger partial charge in [0.15, 0.2) is 0 Å². The summed E-state index contributed by atoms with van der Waals surface area (Å²) in [4.78, 5) is 12.1. The van der Waals surface area contributed by atoms with E-state index in [1.54, 1.807) is 23.9 Å². The van der Waals surface area contributed by atoms with Gasteiger partial charge in [0.25, 0.3) is 0 Å². The van der Waals surface area contributed by atoms with Crippen molar-refractivity contribution in [2.45, 2.75) is 30.9 Å². The summed E-state index contributed by atoms with van der Waals surface area (Å²) in [6, 6.07) is 5.92. The summed E-state index contributed by atoms with van der Waals surface area (Å²) in [7, 11) is 0. The van der Waals surface area contributed by atoms with Crippen molar-refractivity contribution < 1.29 is 14.3 Å².